The quantitative estimate of drug-likeness (QED) is 0.285. The van der Waals surface area contributed by atoms with E-state index in [2.05, 4.69) is 31.9 Å². The van der Waals surface area contributed by atoms with Crippen LogP contribution in [0.1, 0.15) is 25.0 Å². The van der Waals surface area contributed by atoms with Crippen molar-refractivity contribution in [1.82, 2.24) is 0 Å². The lowest BCUT2D eigenvalue weighted by molar-refractivity contribution is 0.0108. The van der Waals surface area contributed by atoms with Crippen molar-refractivity contribution in [3.05, 3.63) is 56.5 Å². The number of hydrogen-bond acceptors (Lipinski definition) is 6. The zero-order chi connectivity index (χ0) is 21.9. The zero-order valence-electron chi connectivity index (χ0n) is 17.1. The van der Waals surface area contributed by atoms with E-state index in [-0.39, 0.29) is 26.4 Å². The smallest absolute Gasteiger partial charge is 0.189 e. The summed E-state index contributed by atoms with van der Waals surface area (Å²) in [6.07, 6.45) is -1.53. The number of halogens is 2. The highest BCUT2D eigenvalue weighted by atomic mass is 79.9. The van der Waals surface area contributed by atoms with Crippen LogP contribution in [0.25, 0.3) is 0 Å². The number of ether oxygens (including phenoxy) is 4. The summed E-state index contributed by atoms with van der Waals surface area (Å²) in [6, 6.07) is 11.2. The molecule has 30 heavy (non-hydrogen) atoms. The van der Waals surface area contributed by atoms with Crippen LogP contribution in [-0.4, -0.2) is 49.2 Å². The van der Waals surface area contributed by atoms with Crippen LogP contribution in [0, 0.1) is 0 Å². The van der Waals surface area contributed by atoms with E-state index in [0.29, 0.717) is 24.7 Å². The fourth-order valence-corrected chi connectivity index (χ4v) is 3.89. The summed E-state index contributed by atoms with van der Waals surface area (Å²) in [4.78, 5) is 0. The van der Waals surface area contributed by atoms with Gasteiger partial charge < -0.3 is 29.2 Å². The maximum atomic E-state index is 10.7. The van der Waals surface area contributed by atoms with Crippen molar-refractivity contribution in [3.8, 4) is 11.5 Å². The van der Waals surface area contributed by atoms with Gasteiger partial charge in [-0.15, -0.1) is 0 Å². The van der Waals surface area contributed by atoms with Crippen LogP contribution >= 0.6 is 31.9 Å². The van der Waals surface area contributed by atoms with Gasteiger partial charge in [0.15, 0.2) is 13.6 Å². The molecule has 0 aliphatic rings. The van der Waals surface area contributed by atoms with Crippen molar-refractivity contribution in [1.29, 1.82) is 0 Å². The van der Waals surface area contributed by atoms with Crippen molar-refractivity contribution in [2.75, 3.05) is 26.8 Å². The minimum Gasteiger partial charge on any atom is -0.466 e. The monoisotopic (exact) mass is 546 g/mol. The lowest BCUT2D eigenvalue weighted by atomic mass is 9.97. The zero-order valence-corrected chi connectivity index (χ0v) is 20.3. The molecule has 166 valence electrons. The van der Waals surface area contributed by atoms with Crippen molar-refractivity contribution in [2.45, 2.75) is 38.9 Å². The molecular weight excluding hydrogens is 520 g/mol. The van der Waals surface area contributed by atoms with Crippen molar-refractivity contribution < 1.29 is 29.2 Å². The molecule has 0 fully saturated rings. The second-order valence-electron chi connectivity index (χ2n) is 6.51. The number of hydrogen-bond donors (Lipinski definition) is 2. The Morgan fingerprint density at radius 1 is 0.733 bits per heavy atom. The number of rotatable bonds is 13. The first-order valence-corrected chi connectivity index (χ1v) is 11.4. The minimum atomic E-state index is -0.993. The average molecular weight is 548 g/mol. The van der Waals surface area contributed by atoms with Gasteiger partial charge in [0, 0.05) is 26.1 Å². The van der Waals surface area contributed by atoms with Crippen LogP contribution < -0.4 is 9.47 Å². The Hall–Kier alpha value is -1.16. The highest BCUT2D eigenvalue weighted by Gasteiger charge is 2.22. The molecule has 0 aromatic heterocycles. The molecule has 0 heterocycles. The molecule has 0 saturated heterocycles. The Morgan fingerprint density at radius 2 is 1.13 bits per heavy atom. The van der Waals surface area contributed by atoms with Gasteiger partial charge in [0.2, 0.25) is 0 Å². The normalized spacial score (nSPS) is 13.1. The van der Waals surface area contributed by atoms with Gasteiger partial charge in [0.05, 0.1) is 21.2 Å². The molecule has 0 amide bonds. The van der Waals surface area contributed by atoms with Crippen molar-refractivity contribution >= 4 is 31.9 Å². The molecule has 0 saturated carbocycles. The number of aliphatic hydroxyl groups excluding tert-OH is 2. The van der Waals surface area contributed by atoms with Crippen LogP contribution in [0.3, 0.4) is 0 Å². The van der Waals surface area contributed by atoms with Crippen molar-refractivity contribution in [2.24, 2.45) is 0 Å². The third-order valence-electron chi connectivity index (χ3n) is 4.38. The summed E-state index contributed by atoms with van der Waals surface area (Å²) in [6.45, 7) is 5.09. The molecule has 2 N–H and O–H groups in total. The number of benzene rings is 2. The molecule has 2 atom stereocenters. The summed E-state index contributed by atoms with van der Waals surface area (Å²) in [5.41, 5.74) is 1.55. The first kappa shape index (κ1) is 25.1. The van der Waals surface area contributed by atoms with Gasteiger partial charge in [-0.3, -0.25) is 0 Å². The Balaban J connectivity index is 2.08. The molecule has 2 aromatic rings. The Kier molecular flexibility index (Phi) is 11.1. The summed E-state index contributed by atoms with van der Waals surface area (Å²) in [5.74, 6) is 1.20. The summed E-state index contributed by atoms with van der Waals surface area (Å²) >= 11 is 6.94. The van der Waals surface area contributed by atoms with E-state index in [0.717, 1.165) is 20.1 Å². The van der Waals surface area contributed by atoms with E-state index in [1.807, 2.05) is 50.2 Å². The van der Waals surface area contributed by atoms with Gasteiger partial charge in [0.1, 0.15) is 11.5 Å². The summed E-state index contributed by atoms with van der Waals surface area (Å²) in [7, 11) is 0. The fourth-order valence-electron chi connectivity index (χ4n) is 2.84. The third-order valence-corrected chi connectivity index (χ3v) is 5.63. The number of para-hydroxylation sites is 2. The lowest BCUT2D eigenvalue weighted by Crippen LogP contribution is -2.30. The molecule has 2 aromatic carbocycles. The minimum absolute atomic E-state index is 0.114. The van der Waals surface area contributed by atoms with Crippen LogP contribution in [0.15, 0.2) is 45.3 Å². The molecule has 8 heteroatoms. The van der Waals surface area contributed by atoms with Gasteiger partial charge in [-0.2, -0.15) is 0 Å². The first-order chi connectivity index (χ1) is 14.5. The largest absolute Gasteiger partial charge is 0.466 e. The summed E-state index contributed by atoms with van der Waals surface area (Å²) in [5, 5.41) is 21.3. The molecule has 0 unspecified atom stereocenters. The Labute approximate surface area is 194 Å². The van der Waals surface area contributed by atoms with E-state index in [4.69, 9.17) is 18.9 Å². The molecule has 0 aliphatic carbocycles. The second kappa shape index (κ2) is 13.3. The van der Waals surface area contributed by atoms with E-state index < -0.39 is 12.2 Å². The summed E-state index contributed by atoms with van der Waals surface area (Å²) < 4.78 is 23.4. The predicted octanol–water partition coefficient (Wildman–Crippen LogP) is 4.46. The van der Waals surface area contributed by atoms with Gasteiger partial charge in [-0.25, -0.2) is 0 Å². The first-order valence-electron chi connectivity index (χ1n) is 9.79. The maximum absolute atomic E-state index is 10.7. The van der Waals surface area contributed by atoms with Gasteiger partial charge in [-0.1, -0.05) is 24.3 Å². The standard InChI is InChI=1S/C22H28Br2O6/c1-3-27-13-29-21-15(7-5-9-17(21)23)11-19(25)20(26)12-16-8-6-10-18(24)22(16)30-14-28-4-2/h5-10,19-20,25-26H,3-4,11-14H2,1-2H3/t19-,20-/m1/s1. The van der Waals surface area contributed by atoms with Crippen LogP contribution in [0.4, 0.5) is 0 Å². The molecule has 0 aliphatic heterocycles. The Morgan fingerprint density at radius 3 is 1.50 bits per heavy atom. The molecule has 2 rings (SSSR count). The molecule has 0 bridgehead atoms. The van der Waals surface area contributed by atoms with E-state index >= 15 is 0 Å². The average Bonchev–Trinajstić information content (AvgIpc) is 2.72. The Bertz CT molecular complexity index is 721. The molecule has 6 nitrogen and oxygen atoms in total. The van der Waals surface area contributed by atoms with Crippen LogP contribution in [-0.2, 0) is 22.3 Å². The fraction of sp³-hybridized carbons (Fsp3) is 0.455. The highest BCUT2D eigenvalue weighted by Crippen LogP contribution is 2.32. The van der Waals surface area contributed by atoms with E-state index in [9.17, 15) is 10.2 Å². The van der Waals surface area contributed by atoms with Crippen LogP contribution in [0.2, 0.25) is 0 Å². The third kappa shape index (κ3) is 7.51. The highest BCUT2D eigenvalue weighted by molar-refractivity contribution is 9.10. The molecule has 0 spiro atoms. The van der Waals surface area contributed by atoms with Crippen molar-refractivity contribution in [3.63, 3.8) is 0 Å². The van der Waals surface area contributed by atoms with Gasteiger partial charge in [0.25, 0.3) is 0 Å². The number of aliphatic hydroxyl groups is 2. The predicted molar refractivity (Wildman–Crippen MR) is 122 cm³/mol. The molecule has 0 radical (unpaired) electrons. The van der Waals surface area contributed by atoms with E-state index in [1.165, 1.54) is 0 Å². The van der Waals surface area contributed by atoms with Gasteiger partial charge >= 0.3 is 0 Å². The van der Waals surface area contributed by atoms with E-state index in [1.54, 1.807) is 0 Å². The van der Waals surface area contributed by atoms with Crippen LogP contribution in [0.5, 0.6) is 11.5 Å². The van der Waals surface area contributed by atoms with Gasteiger partial charge in [-0.05, 0) is 69.0 Å². The lowest BCUT2D eigenvalue weighted by Gasteiger charge is -2.21. The second-order valence-corrected chi connectivity index (χ2v) is 8.22. The topological polar surface area (TPSA) is 77.4 Å². The molecular formula is C22H28Br2O6. The SMILES string of the molecule is CCOCOc1c(Br)cccc1C[C@@H](O)[C@H](O)Cc1cccc(Br)c1OCOCC. The maximum Gasteiger partial charge on any atom is 0.189 e.